The molecule has 0 atom stereocenters. The van der Waals surface area contributed by atoms with Crippen molar-refractivity contribution in [2.75, 3.05) is 19.5 Å². The number of rotatable bonds is 7. The summed E-state index contributed by atoms with van der Waals surface area (Å²) in [6.07, 6.45) is 1.58. The number of amides is 2. The van der Waals surface area contributed by atoms with Gasteiger partial charge in [-0.05, 0) is 48.5 Å². The molecule has 6 heteroatoms. The molecule has 0 spiro atoms. The Bertz CT molecular complexity index is 1040. The Labute approximate surface area is 175 Å². The molecule has 0 aliphatic carbocycles. The number of nitrogens with one attached hydrogen (secondary N) is 2. The Kier molecular flexibility index (Phi) is 6.84. The van der Waals surface area contributed by atoms with Gasteiger partial charge in [0, 0.05) is 16.8 Å². The summed E-state index contributed by atoms with van der Waals surface area (Å²) in [5.74, 6) is 0.411. The monoisotopic (exact) mass is 402 g/mol. The second-order valence-corrected chi connectivity index (χ2v) is 6.30. The molecule has 0 saturated carbocycles. The predicted molar refractivity (Wildman–Crippen MR) is 117 cm³/mol. The molecular weight excluding hydrogens is 380 g/mol. The zero-order valence-corrected chi connectivity index (χ0v) is 16.7. The lowest BCUT2D eigenvalue weighted by Gasteiger charge is -2.13. The number of carbonyl (C=O) groups excluding carboxylic acids is 2. The van der Waals surface area contributed by atoms with Crippen LogP contribution in [0, 0.1) is 0 Å². The first-order valence-corrected chi connectivity index (χ1v) is 9.27. The molecule has 3 aromatic carbocycles. The molecule has 30 heavy (non-hydrogen) atoms. The van der Waals surface area contributed by atoms with Crippen molar-refractivity contribution in [2.24, 2.45) is 0 Å². The average molecular weight is 402 g/mol. The highest BCUT2D eigenvalue weighted by Crippen LogP contribution is 2.21. The highest BCUT2D eigenvalue weighted by Gasteiger charge is 2.16. The topological polar surface area (TPSA) is 76.7 Å². The lowest BCUT2D eigenvalue weighted by atomic mass is 10.1. The average Bonchev–Trinajstić information content (AvgIpc) is 2.80. The van der Waals surface area contributed by atoms with Crippen LogP contribution in [0.3, 0.4) is 0 Å². The molecule has 0 fully saturated rings. The van der Waals surface area contributed by atoms with Crippen molar-refractivity contribution in [2.45, 2.75) is 0 Å². The highest BCUT2D eigenvalue weighted by atomic mass is 16.5. The maximum Gasteiger partial charge on any atom is 0.272 e. The van der Waals surface area contributed by atoms with E-state index in [-0.39, 0.29) is 11.6 Å². The third-order valence-corrected chi connectivity index (χ3v) is 4.32. The van der Waals surface area contributed by atoms with Crippen LogP contribution in [0.5, 0.6) is 11.5 Å². The third-order valence-electron chi connectivity index (χ3n) is 4.32. The van der Waals surface area contributed by atoms with Gasteiger partial charge in [0.1, 0.15) is 17.2 Å². The second kappa shape index (κ2) is 9.93. The number of anilines is 1. The normalized spacial score (nSPS) is 10.8. The first kappa shape index (κ1) is 20.7. The van der Waals surface area contributed by atoms with Crippen LogP contribution in [0.1, 0.15) is 15.9 Å². The Morgan fingerprint density at radius 2 is 1.47 bits per heavy atom. The number of hydrogen-bond donors (Lipinski definition) is 2. The summed E-state index contributed by atoms with van der Waals surface area (Å²) in [5.41, 5.74) is 1.76. The van der Waals surface area contributed by atoms with Crippen molar-refractivity contribution in [1.82, 2.24) is 5.32 Å². The molecule has 6 nitrogen and oxygen atoms in total. The first-order valence-electron chi connectivity index (χ1n) is 9.27. The van der Waals surface area contributed by atoms with Crippen molar-refractivity contribution < 1.29 is 19.1 Å². The van der Waals surface area contributed by atoms with Gasteiger partial charge in [-0.3, -0.25) is 9.59 Å². The number of benzene rings is 3. The minimum atomic E-state index is -0.463. The maximum atomic E-state index is 13.0. The van der Waals surface area contributed by atoms with E-state index in [0.29, 0.717) is 28.3 Å². The van der Waals surface area contributed by atoms with Crippen LogP contribution in [0.2, 0.25) is 0 Å². The zero-order chi connectivity index (χ0) is 21.3. The van der Waals surface area contributed by atoms with Crippen molar-refractivity contribution in [3.8, 4) is 11.5 Å². The molecule has 0 aromatic heterocycles. The smallest absolute Gasteiger partial charge is 0.272 e. The first-order chi connectivity index (χ1) is 14.6. The predicted octanol–water partition coefficient (Wildman–Crippen LogP) is 4.11. The molecule has 0 bridgehead atoms. The van der Waals surface area contributed by atoms with E-state index in [4.69, 9.17) is 9.47 Å². The van der Waals surface area contributed by atoms with Crippen LogP contribution in [0.15, 0.2) is 84.6 Å². The van der Waals surface area contributed by atoms with Gasteiger partial charge in [-0.2, -0.15) is 0 Å². The summed E-state index contributed by atoms with van der Waals surface area (Å²) < 4.78 is 10.5. The molecule has 2 amide bonds. The van der Waals surface area contributed by atoms with Crippen LogP contribution >= 0.6 is 0 Å². The van der Waals surface area contributed by atoms with Gasteiger partial charge in [0.2, 0.25) is 0 Å². The molecule has 0 aliphatic rings. The van der Waals surface area contributed by atoms with Gasteiger partial charge in [0.15, 0.2) is 0 Å². The largest absolute Gasteiger partial charge is 0.497 e. The number of methoxy groups -OCH3 is 2. The minimum Gasteiger partial charge on any atom is -0.497 e. The number of hydrogen-bond acceptors (Lipinski definition) is 4. The van der Waals surface area contributed by atoms with Gasteiger partial charge in [0.05, 0.1) is 14.2 Å². The number of para-hydroxylation sites is 1. The lowest BCUT2D eigenvalue weighted by molar-refractivity contribution is -0.113. The zero-order valence-electron chi connectivity index (χ0n) is 16.7. The van der Waals surface area contributed by atoms with E-state index in [1.807, 2.05) is 18.2 Å². The van der Waals surface area contributed by atoms with E-state index in [1.54, 1.807) is 81.0 Å². The van der Waals surface area contributed by atoms with Crippen molar-refractivity contribution >= 4 is 23.6 Å². The molecule has 3 rings (SSSR count). The molecule has 0 radical (unpaired) electrons. The molecular formula is C24H22N2O4. The maximum absolute atomic E-state index is 13.0. The number of ether oxygens (including phenoxy) is 2. The van der Waals surface area contributed by atoms with Crippen LogP contribution in [0.25, 0.3) is 6.08 Å². The molecule has 0 unspecified atom stereocenters. The van der Waals surface area contributed by atoms with Gasteiger partial charge >= 0.3 is 0 Å². The standard InChI is InChI=1S/C24H22N2O4/c1-29-20-14-12-19(13-15-20)25-24(28)21(16-18-10-6-7-11-22(18)30-2)26-23(27)17-8-4-3-5-9-17/h3-16H,1-2H3,(H,25,28)(H,26,27)/b21-16-. The lowest BCUT2D eigenvalue weighted by Crippen LogP contribution is -2.30. The fourth-order valence-corrected chi connectivity index (χ4v) is 2.76. The van der Waals surface area contributed by atoms with Crippen molar-refractivity contribution in [3.05, 3.63) is 95.7 Å². The molecule has 0 aliphatic heterocycles. The van der Waals surface area contributed by atoms with Gasteiger partial charge in [-0.15, -0.1) is 0 Å². The van der Waals surface area contributed by atoms with Crippen molar-refractivity contribution in [3.63, 3.8) is 0 Å². The van der Waals surface area contributed by atoms with E-state index < -0.39 is 5.91 Å². The minimum absolute atomic E-state index is 0.0872. The van der Waals surface area contributed by atoms with E-state index in [2.05, 4.69) is 10.6 Å². The van der Waals surface area contributed by atoms with Crippen molar-refractivity contribution in [1.29, 1.82) is 0 Å². The Balaban J connectivity index is 1.90. The summed E-state index contributed by atoms with van der Waals surface area (Å²) in [6, 6.07) is 22.8. The SMILES string of the molecule is COc1ccc(NC(=O)/C(=C/c2ccccc2OC)NC(=O)c2ccccc2)cc1. The molecule has 2 N–H and O–H groups in total. The van der Waals surface area contributed by atoms with Crippen LogP contribution in [-0.2, 0) is 4.79 Å². The van der Waals surface area contributed by atoms with Crippen LogP contribution in [0.4, 0.5) is 5.69 Å². The Hall–Kier alpha value is -4.06. The van der Waals surface area contributed by atoms with E-state index in [9.17, 15) is 9.59 Å². The Morgan fingerprint density at radius 1 is 0.800 bits per heavy atom. The van der Waals surface area contributed by atoms with Crippen LogP contribution < -0.4 is 20.1 Å². The summed E-state index contributed by atoms with van der Waals surface area (Å²) in [5, 5.41) is 5.50. The van der Waals surface area contributed by atoms with Gasteiger partial charge < -0.3 is 20.1 Å². The summed E-state index contributed by atoms with van der Waals surface area (Å²) in [4.78, 5) is 25.6. The number of carbonyl (C=O) groups is 2. The van der Waals surface area contributed by atoms with E-state index in [1.165, 1.54) is 0 Å². The van der Waals surface area contributed by atoms with Gasteiger partial charge in [-0.25, -0.2) is 0 Å². The Morgan fingerprint density at radius 3 is 2.13 bits per heavy atom. The van der Waals surface area contributed by atoms with Gasteiger partial charge in [-0.1, -0.05) is 36.4 Å². The molecule has 152 valence electrons. The van der Waals surface area contributed by atoms with E-state index in [0.717, 1.165) is 0 Å². The fourth-order valence-electron chi connectivity index (χ4n) is 2.76. The third kappa shape index (κ3) is 5.26. The quantitative estimate of drug-likeness (QED) is 0.583. The summed E-state index contributed by atoms with van der Waals surface area (Å²) in [6.45, 7) is 0. The fraction of sp³-hybridized carbons (Fsp3) is 0.0833. The van der Waals surface area contributed by atoms with E-state index >= 15 is 0 Å². The summed E-state index contributed by atoms with van der Waals surface area (Å²) in [7, 11) is 3.12. The second-order valence-electron chi connectivity index (χ2n) is 6.30. The molecule has 3 aromatic rings. The summed E-state index contributed by atoms with van der Waals surface area (Å²) >= 11 is 0. The van der Waals surface area contributed by atoms with Crippen LogP contribution in [-0.4, -0.2) is 26.0 Å². The highest BCUT2D eigenvalue weighted by molar-refractivity contribution is 6.10. The van der Waals surface area contributed by atoms with Gasteiger partial charge in [0.25, 0.3) is 11.8 Å². The molecule has 0 heterocycles. The molecule has 0 saturated heterocycles.